The molecule has 2 heterocycles. The predicted molar refractivity (Wildman–Crippen MR) is 76.1 cm³/mol. The van der Waals surface area contributed by atoms with E-state index in [1.54, 1.807) is 6.20 Å². The molecule has 5 heteroatoms. The van der Waals surface area contributed by atoms with E-state index < -0.39 is 0 Å². The van der Waals surface area contributed by atoms with Crippen LogP contribution < -0.4 is 5.32 Å². The molecule has 1 aromatic heterocycles. The van der Waals surface area contributed by atoms with E-state index in [4.69, 9.17) is 0 Å². The molecule has 0 spiro atoms. The first-order valence-corrected chi connectivity index (χ1v) is 7.07. The van der Waals surface area contributed by atoms with Gasteiger partial charge in [-0.15, -0.1) is 0 Å². The van der Waals surface area contributed by atoms with E-state index in [1.165, 1.54) is 12.8 Å². The molecule has 19 heavy (non-hydrogen) atoms. The Bertz CT molecular complexity index is 391. The molecule has 2 N–H and O–H groups in total. The van der Waals surface area contributed by atoms with Gasteiger partial charge in [-0.1, -0.05) is 6.92 Å². The van der Waals surface area contributed by atoms with E-state index in [0.29, 0.717) is 12.5 Å². The van der Waals surface area contributed by atoms with Crippen molar-refractivity contribution in [1.82, 2.24) is 14.9 Å². The standard InChI is InChI=1S/C14H24N4O/c1-11-4-7-18(8-5-11)10-13(19)9-16-14-15-6-3-12(2)17-14/h3,6,11,13,19H,4-5,7-10H2,1-2H3,(H,15,16,17). The molecule has 2 rings (SSSR count). The van der Waals surface area contributed by atoms with Crippen LogP contribution >= 0.6 is 0 Å². The van der Waals surface area contributed by atoms with Crippen molar-refractivity contribution in [2.75, 3.05) is 31.5 Å². The number of rotatable bonds is 5. The Morgan fingerprint density at radius 3 is 2.89 bits per heavy atom. The third-order valence-corrected chi connectivity index (χ3v) is 3.64. The molecule has 1 saturated heterocycles. The smallest absolute Gasteiger partial charge is 0.222 e. The number of aliphatic hydroxyl groups excluding tert-OH is 1. The van der Waals surface area contributed by atoms with Crippen LogP contribution in [0.1, 0.15) is 25.5 Å². The highest BCUT2D eigenvalue weighted by Crippen LogP contribution is 2.15. The maximum absolute atomic E-state index is 10.0. The maximum atomic E-state index is 10.0. The van der Waals surface area contributed by atoms with Crippen LogP contribution in [0.3, 0.4) is 0 Å². The number of aryl methyl sites for hydroxylation is 1. The Kier molecular flexibility index (Phi) is 5.10. The number of hydrogen-bond donors (Lipinski definition) is 2. The van der Waals surface area contributed by atoms with Gasteiger partial charge in [0.25, 0.3) is 0 Å². The van der Waals surface area contributed by atoms with Crippen LogP contribution in [0, 0.1) is 12.8 Å². The Hall–Kier alpha value is -1.20. The van der Waals surface area contributed by atoms with Gasteiger partial charge in [0.1, 0.15) is 0 Å². The van der Waals surface area contributed by atoms with Crippen molar-refractivity contribution in [2.24, 2.45) is 5.92 Å². The number of aromatic nitrogens is 2. The zero-order valence-electron chi connectivity index (χ0n) is 11.8. The van der Waals surface area contributed by atoms with E-state index in [1.807, 2.05) is 13.0 Å². The summed E-state index contributed by atoms with van der Waals surface area (Å²) in [7, 11) is 0. The topological polar surface area (TPSA) is 61.3 Å². The summed E-state index contributed by atoms with van der Waals surface area (Å²) in [5.74, 6) is 1.42. The molecule has 0 aliphatic carbocycles. The normalized spacial score (nSPS) is 19.3. The van der Waals surface area contributed by atoms with Crippen LogP contribution in [0.5, 0.6) is 0 Å². The highest BCUT2D eigenvalue weighted by Gasteiger charge is 2.18. The van der Waals surface area contributed by atoms with Crippen molar-refractivity contribution >= 4 is 5.95 Å². The minimum absolute atomic E-state index is 0.377. The molecule has 0 saturated carbocycles. The van der Waals surface area contributed by atoms with Crippen LogP contribution in [0.2, 0.25) is 0 Å². The monoisotopic (exact) mass is 264 g/mol. The van der Waals surface area contributed by atoms with Crippen LogP contribution in [0.15, 0.2) is 12.3 Å². The first-order chi connectivity index (χ1) is 9.13. The van der Waals surface area contributed by atoms with Gasteiger partial charge in [0.05, 0.1) is 6.10 Å². The van der Waals surface area contributed by atoms with Gasteiger partial charge < -0.3 is 15.3 Å². The largest absolute Gasteiger partial charge is 0.390 e. The fraction of sp³-hybridized carbons (Fsp3) is 0.714. The second-order valence-corrected chi connectivity index (χ2v) is 5.54. The van der Waals surface area contributed by atoms with Gasteiger partial charge >= 0.3 is 0 Å². The number of β-amino-alcohol motifs (C(OH)–C–C–N with tert-alkyl or cyclic N) is 1. The molecule has 1 aliphatic heterocycles. The zero-order valence-corrected chi connectivity index (χ0v) is 11.8. The summed E-state index contributed by atoms with van der Waals surface area (Å²) in [5, 5.41) is 13.1. The minimum atomic E-state index is -0.377. The lowest BCUT2D eigenvalue weighted by atomic mass is 9.99. The third kappa shape index (κ3) is 4.76. The number of nitrogens with zero attached hydrogens (tertiary/aromatic N) is 3. The second kappa shape index (κ2) is 6.82. The van der Waals surface area contributed by atoms with Gasteiger partial charge in [0.15, 0.2) is 0 Å². The number of nitrogens with one attached hydrogen (secondary N) is 1. The third-order valence-electron chi connectivity index (χ3n) is 3.64. The zero-order chi connectivity index (χ0) is 13.7. The highest BCUT2D eigenvalue weighted by molar-refractivity contribution is 5.24. The molecule has 5 nitrogen and oxygen atoms in total. The van der Waals surface area contributed by atoms with Gasteiger partial charge in [-0.3, -0.25) is 0 Å². The number of aliphatic hydroxyl groups is 1. The van der Waals surface area contributed by atoms with Gasteiger partial charge in [-0.05, 0) is 44.8 Å². The number of likely N-dealkylation sites (tertiary alicyclic amines) is 1. The lowest BCUT2D eigenvalue weighted by Gasteiger charge is -2.31. The Morgan fingerprint density at radius 1 is 1.47 bits per heavy atom. The summed E-state index contributed by atoms with van der Waals surface area (Å²) in [6.07, 6.45) is 3.82. The van der Waals surface area contributed by atoms with E-state index in [2.05, 4.69) is 27.1 Å². The van der Waals surface area contributed by atoms with Crippen LogP contribution in [-0.2, 0) is 0 Å². The van der Waals surface area contributed by atoms with Crippen LogP contribution in [0.25, 0.3) is 0 Å². The van der Waals surface area contributed by atoms with Gasteiger partial charge in [-0.2, -0.15) is 0 Å². The number of piperidine rings is 1. The molecule has 0 radical (unpaired) electrons. The lowest BCUT2D eigenvalue weighted by Crippen LogP contribution is -2.40. The van der Waals surface area contributed by atoms with Crippen molar-refractivity contribution in [1.29, 1.82) is 0 Å². The molecule has 0 amide bonds. The van der Waals surface area contributed by atoms with Crippen molar-refractivity contribution < 1.29 is 5.11 Å². The van der Waals surface area contributed by atoms with Crippen molar-refractivity contribution in [3.05, 3.63) is 18.0 Å². The first kappa shape index (κ1) is 14.2. The highest BCUT2D eigenvalue weighted by atomic mass is 16.3. The minimum Gasteiger partial charge on any atom is -0.390 e. The summed E-state index contributed by atoms with van der Waals surface area (Å²) >= 11 is 0. The molecule has 1 atom stereocenters. The number of anilines is 1. The molecule has 0 bridgehead atoms. The molecule has 1 unspecified atom stereocenters. The summed E-state index contributed by atoms with van der Waals surface area (Å²) in [6, 6.07) is 1.86. The lowest BCUT2D eigenvalue weighted by molar-refractivity contribution is 0.0989. The van der Waals surface area contributed by atoms with E-state index in [0.717, 1.165) is 31.2 Å². The van der Waals surface area contributed by atoms with Crippen LogP contribution in [0.4, 0.5) is 5.95 Å². The fourth-order valence-electron chi connectivity index (χ4n) is 2.35. The average Bonchev–Trinajstić information content (AvgIpc) is 2.39. The van der Waals surface area contributed by atoms with Gasteiger partial charge in [0.2, 0.25) is 5.95 Å². The van der Waals surface area contributed by atoms with Gasteiger partial charge in [0, 0.05) is 25.0 Å². The molecule has 1 aromatic rings. The summed E-state index contributed by atoms with van der Waals surface area (Å²) in [6.45, 7) is 7.64. The molecule has 0 aromatic carbocycles. The Morgan fingerprint density at radius 2 is 2.21 bits per heavy atom. The molecule has 1 aliphatic rings. The molecule has 106 valence electrons. The van der Waals surface area contributed by atoms with E-state index >= 15 is 0 Å². The fourth-order valence-corrected chi connectivity index (χ4v) is 2.35. The predicted octanol–water partition coefficient (Wildman–Crippen LogP) is 1.29. The summed E-state index contributed by atoms with van der Waals surface area (Å²) in [4.78, 5) is 10.7. The Balaban J connectivity index is 1.71. The second-order valence-electron chi connectivity index (χ2n) is 5.54. The number of hydrogen-bond acceptors (Lipinski definition) is 5. The van der Waals surface area contributed by atoms with Crippen LogP contribution in [-0.4, -0.2) is 52.3 Å². The maximum Gasteiger partial charge on any atom is 0.222 e. The van der Waals surface area contributed by atoms with Gasteiger partial charge in [-0.25, -0.2) is 9.97 Å². The van der Waals surface area contributed by atoms with Crippen molar-refractivity contribution in [3.63, 3.8) is 0 Å². The SMILES string of the molecule is Cc1ccnc(NCC(O)CN2CCC(C)CC2)n1. The average molecular weight is 264 g/mol. The Labute approximate surface area is 115 Å². The van der Waals surface area contributed by atoms with Crippen molar-refractivity contribution in [2.45, 2.75) is 32.8 Å². The van der Waals surface area contributed by atoms with Crippen molar-refractivity contribution in [3.8, 4) is 0 Å². The van der Waals surface area contributed by atoms with E-state index in [-0.39, 0.29) is 6.10 Å². The molecule has 1 fully saturated rings. The summed E-state index contributed by atoms with van der Waals surface area (Å²) in [5.41, 5.74) is 0.928. The first-order valence-electron chi connectivity index (χ1n) is 7.07. The molecular formula is C14H24N4O. The quantitative estimate of drug-likeness (QED) is 0.839. The van der Waals surface area contributed by atoms with E-state index in [9.17, 15) is 5.11 Å². The summed E-state index contributed by atoms with van der Waals surface area (Å²) < 4.78 is 0. The molecular weight excluding hydrogens is 240 g/mol.